The van der Waals surface area contributed by atoms with E-state index in [1.807, 2.05) is 31.2 Å². The second-order valence-corrected chi connectivity index (χ2v) is 18.5. The smallest absolute Gasteiger partial charge is 0.255 e. The third-order valence-electron chi connectivity index (χ3n) is 12.2. The van der Waals surface area contributed by atoms with Crippen LogP contribution < -0.4 is 35.0 Å². The first-order valence-electron chi connectivity index (χ1n) is 22.4. The molecule has 4 aliphatic heterocycles. The monoisotopic (exact) mass is 903 g/mol. The molecule has 0 radical (unpaired) electrons. The molecule has 8 rings (SSSR count). The van der Waals surface area contributed by atoms with E-state index < -0.39 is 29.0 Å². The Morgan fingerprint density at radius 1 is 0.952 bits per heavy atom. The maximum atomic E-state index is 13.1. The Labute approximate surface area is 376 Å². The summed E-state index contributed by atoms with van der Waals surface area (Å²) in [6.07, 6.45) is 5.85. The molecule has 0 spiro atoms. The number of fused-ring (bicyclic) bond motifs is 1. The molecule has 19 heteroatoms. The molecule has 63 heavy (non-hydrogen) atoms. The summed E-state index contributed by atoms with van der Waals surface area (Å²) in [5, 5.41) is 8.69. The summed E-state index contributed by atoms with van der Waals surface area (Å²) in [5.74, 6) is -0.190. The van der Waals surface area contributed by atoms with Crippen LogP contribution in [0.5, 0.6) is 11.5 Å². The molecule has 0 bridgehead atoms. The zero-order valence-electron chi connectivity index (χ0n) is 38.4. The molecular formula is C44H53ClN10O7S. The number of carbonyl (C=O) groups excluding carboxylic acids is 3. The zero-order valence-corrected chi connectivity index (χ0v) is 36.9. The number of hydrogen-bond acceptors (Lipinski definition) is 14. The van der Waals surface area contributed by atoms with Gasteiger partial charge in [-0.1, -0.05) is 29.8 Å². The summed E-state index contributed by atoms with van der Waals surface area (Å²) in [6, 6.07) is 14.2. The highest BCUT2D eigenvalue weighted by Gasteiger charge is 2.39. The molecular weight excluding hydrogens is 848 g/mol. The van der Waals surface area contributed by atoms with Crippen molar-refractivity contribution in [2.24, 2.45) is 0 Å². The number of benzene rings is 3. The number of nitrogens with zero attached hydrogens (tertiary/aromatic N) is 6. The van der Waals surface area contributed by atoms with Crippen molar-refractivity contribution in [2.75, 3.05) is 86.5 Å². The molecule has 3 amide bonds. The largest absolute Gasteiger partial charge is 0.494 e. The van der Waals surface area contributed by atoms with Crippen LogP contribution in [0.25, 0.3) is 0 Å². The number of imide groups is 1. The van der Waals surface area contributed by atoms with Gasteiger partial charge in [0, 0.05) is 82.1 Å². The Balaban J connectivity index is 0.839. The van der Waals surface area contributed by atoms with Gasteiger partial charge in [-0.25, -0.2) is 13.4 Å². The predicted molar refractivity (Wildman–Crippen MR) is 242 cm³/mol. The Morgan fingerprint density at radius 2 is 1.75 bits per heavy atom. The third kappa shape index (κ3) is 9.93. The Morgan fingerprint density at radius 3 is 2.48 bits per heavy atom. The van der Waals surface area contributed by atoms with Crippen LogP contribution in [-0.4, -0.2) is 129 Å². The summed E-state index contributed by atoms with van der Waals surface area (Å²) in [4.78, 5) is 55.2. The molecule has 3 aromatic carbocycles. The number of anilines is 6. The normalized spacial score (nSPS) is 19.8. The van der Waals surface area contributed by atoms with Crippen LogP contribution in [-0.2, 0) is 32.6 Å². The van der Waals surface area contributed by atoms with Crippen LogP contribution in [0.2, 0.25) is 5.02 Å². The lowest BCUT2D eigenvalue weighted by Gasteiger charge is -2.43. The van der Waals surface area contributed by atoms with Gasteiger partial charge in [0.1, 0.15) is 28.3 Å². The molecule has 17 nitrogen and oxygen atoms in total. The lowest BCUT2D eigenvalue weighted by atomic mass is 10.00. The average Bonchev–Trinajstić information content (AvgIpc) is 3.59. The van der Waals surface area contributed by atoms with Crippen LogP contribution in [0.1, 0.15) is 56.8 Å². The number of hydrogen-bond donors (Lipinski definition) is 4. The minimum atomic E-state index is -3.85. The number of carbonyl (C=O) groups is 3. The van der Waals surface area contributed by atoms with E-state index in [-0.39, 0.29) is 52.1 Å². The van der Waals surface area contributed by atoms with Crippen molar-refractivity contribution in [1.82, 2.24) is 30.0 Å². The lowest BCUT2D eigenvalue weighted by Crippen LogP contribution is -2.53. The maximum absolute atomic E-state index is 13.1. The number of methoxy groups -OCH3 is 2. The number of aromatic nitrogens is 2. The fraction of sp³-hybridized carbons (Fsp3) is 0.432. The molecule has 3 fully saturated rings. The van der Waals surface area contributed by atoms with E-state index in [9.17, 15) is 22.8 Å². The average molecular weight is 905 g/mol. The molecule has 0 saturated carbocycles. The fourth-order valence-corrected chi connectivity index (χ4v) is 9.67. The van der Waals surface area contributed by atoms with E-state index in [0.29, 0.717) is 36.0 Å². The van der Waals surface area contributed by atoms with Gasteiger partial charge in [0.25, 0.3) is 5.91 Å². The standard InChI is InChI=1S/C44H53ClN10O7S/c1-27-22-34(48-44-46-25-32(45)41(50-44)47-33-6-5-7-37(61-2)40(33)51-63(4,59)60)38(62-3)24-36(27)54-16-13-30(14-17-54)53-20-18-52(19-21-53)15-12-28-8-9-31-29(23-28)26-55(43(31)58)35-10-11-39(56)49-42(35)57/h5-9,22-25,30,35,51H,10-21,26H2,1-4H3,(H,49,56,57)(H2,46,47,48,50)/i2D3. The number of nitrogens with one attached hydrogen (secondary N) is 4. The van der Waals surface area contributed by atoms with Crippen molar-refractivity contribution in [3.8, 4) is 11.5 Å². The van der Waals surface area contributed by atoms with Crippen molar-refractivity contribution in [1.29, 1.82) is 0 Å². The molecule has 4 N–H and O–H groups in total. The van der Waals surface area contributed by atoms with Crippen LogP contribution in [0.15, 0.2) is 54.7 Å². The van der Waals surface area contributed by atoms with Gasteiger partial charge in [-0.3, -0.25) is 29.3 Å². The number of halogens is 1. The Hall–Kier alpha value is -5.69. The molecule has 0 aliphatic carbocycles. The van der Waals surface area contributed by atoms with Gasteiger partial charge in [-0.05, 0) is 73.6 Å². The van der Waals surface area contributed by atoms with Crippen LogP contribution in [0.3, 0.4) is 0 Å². The molecule has 4 aliphatic rings. The van der Waals surface area contributed by atoms with Gasteiger partial charge in [-0.15, -0.1) is 0 Å². The van der Waals surface area contributed by atoms with E-state index in [0.717, 1.165) is 88.1 Å². The first-order chi connectivity index (χ1) is 31.4. The number of amides is 3. The maximum Gasteiger partial charge on any atom is 0.255 e. The number of para-hydroxylation sites is 1. The predicted octanol–water partition coefficient (Wildman–Crippen LogP) is 4.90. The number of ether oxygens (including phenoxy) is 2. The topological polar surface area (TPSA) is 191 Å². The van der Waals surface area contributed by atoms with Crippen LogP contribution >= 0.6 is 11.6 Å². The van der Waals surface area contributed by atoms with Gasteiger partial charge >= 0.3 is 0 Å². The molecule has 1 aromatic heterocycles. The lowest BCUT2D eigenvalue weighted by molar-refractivity contribution is -0.136. The van der Waals surface area contributed by atoms with Crippen molar-refractivity contribution in [3.05, 3.63) is 82.0 Å². The summed E-state index contributed by atoms with van der Waals surface area (Å²) < 4.78 is 60.3. The number of rotatable bonds is 14. The number of piperazine rings is 1. The third-order valence-corrected chi connectivity index (χ3v) is 13.1. The SMILES string of the molecule is [2H]C([2H])([2H])Oc1cccc(Nc2nc(Nc3cc(C)c(N4CCC(N5CCN(CCc6ccc7c(c6)CN(C6CCC(=O)NC6=O)C7=O)CC5)CC4)cc3OC)ncc2Cl)c1NS(C)(=O)=O. The van der Waals surface area contributed by atoms with Crippen molar-refractivity contribution in [3.63, 3.8) is 0 Å². The molecule has 1 atom stereocenters. The minimum absolute atomic E-state index is 0.116. The van der Waals surface area contributed by atoms with E-state index in [4.69, 9.17) is 25.2 Å². The number of piperidine rings is 2. The first kappa shape index (κ1) is 40.1. The highest BCUT2D eigenvalue weighted by molar-refractivity contribution is 7.92. The van der Waals surface area contributed by atoms with E-state index in [2.05, 4.69) is 51.4 Å². The number of sulfonamides is 1. The zero-order chi connectivity index (χ0) is 46.9. The van der Waals surface area contributed by atoms with Gasteiger partial charge in [0.2, 0.25) is 27.8 Å². The summed E-state index contributed by atoms with van der Waals surface area (Å²) in [6.45, 7) is 9.14. The summed E-state index contributed by atoms with van der Waals surface area (Å²) in [5.41, 5.74) is 5.48. The summed E-state index contributed by atoms with van der Waals surface area (Å²) >= 11 is 6.48. The van der Waals surface area contributed by atoms with Crippen molar-refractivity contribution in [2.45, 2.75) is 57.7 Å². The second-order valence-electron chi connectivity index (χ2n) is 16.4. The molecule has 334 valence electrons. The van der Waals surface area contributed by atoms with Gasteiger partial charge in [0.15, 0.2) is 5.82 Å². The molecule has 4 aromatic rings. The van der Waals surface area contributed by atoms with Crippen LogP contribution in [0.4, 0.5) is 34.5 Å². The van der Waals surface area contributed by atoms with Crippen molar-refractivity contribution >= 4 is 73.9 Å². The van der Waals surface area contributed by atoms with E-state index in [1.165, 1.54) is 30.0 Å². The Kier molecular flexibility index (Phi) is 11.8. The molecule has 5 heterocycles. The van der Waals surface area contributed by atoms with E-state index >= 15 is 0 Å². The van der Waals surface area contributed by atoms with Gasteiger partial charge < -0.3 is 34.8 Å². The van der Waals surface area contributed by atoms with Gasteiger partial charge in [0.05, 0.1) is 42.1 Å². The van der Waals surface area contributed by atoms with E-state index in [1.54, 1.807) is 12.0 Å². The highest BCUT2D eigenvalue weighted by atomic mass is 35.5. The van der Waals surface area contributed by atoms with Gasteiger partial charge in [-0.2, -0.15) is 4.98 Å². The quantitative estimate of drug-likeness (QED) is 0.125. The molecule has 3 saturated heterocycles. The second kappa shape index (κ2) is 18.6. The minimum Gasteiger partial charge on any atom is -0.494 e. The van der Waals surface area contributed by atoms with Crippen molar-refractivity contribution < 1.29 is 36.4 Å². The Bertz CT molecular complexity index is 2630. The number of aryl methyl sites for hydroxylation is 1. The fourth-order valence-electron chi connectivity index (χ4n) is 8.95. The molecule has 1 unspecified atom stereocenters. The first-order valence-corrected chi connectivity index (χ1v) is 23.2. The highest BCUT2D eigenvalue weighted by Crippen LogP contribution is 2.39. The summed E-state index contributed by atoms with van der Waals surface area (Å²) in [7, 11) is -5.10. The van der Waals surface area contributed by atoms with Crippen LogP contribution in [0, 0.1) is 6.92 Å².